The molecule has 2 aromatic rings. The lowest BCUT2D eigenvalue weighted by Gasteiger charge is -2.14. The predicted octanol–water partition coefficient (Wildman–Crippen LogP) is 2.51. The van der Waals surface area contributed by atoms with Crippen molar-refractivity contribution < 1.29 is 24.6 Å². The Kier molecular flexibility index (Phi) is 6.94. The van der Waals surface area contributed by atoms with Crippen molar-refractivity contribution in [2.45, 2.75) is 0 Å². The Balaban J connectivity index is 2.46. The molecule has 25 heavy (non-hydrogen) atoms. The number of nitrogens with zero attached hydrogens (tertiary/aromatic N) is 1. The molecule has 7 heteroatoms. The molecule has 0 spiro atoms. The molecule has 0 saturated carbocycles. The molecular weight excluding hydrogens is 326 g/mol. The van der Waals surface area contributed by atoms with Crippen molar-refractivity contribution in [2.75, 3.05) is 26.4 Å². The highest BCUT2D eigenvalue weighted by molar-refractivity contribution is 5.76. The Morgan fingerprint density at radius 3 is 2.16 bits per heavy atom. The summed E-state index contributed by atoms with van der Waals surface area (Å²) in [6.45, 7) is -0.685. The number of nitro benzene ring substituents is 1. The van der Waals surface area contributed by atoms with Crippen LogP contribution >= 0.6 is 0 Å². The highest BCUT2D eigenvalue weighted by atomic mass is 16.6. The highest BCUT2D eigenvalue weighted by Crippen LogP contribution is 2.40. The monoisotopic (exact) mass is 345 g/mol. The summed E-state index contributed by atoms with van der Waals surface area (Å²) in [5, 5.41) is 29.2. The van der Waals surface area contributed by atoms with Gasteiger partial charge in [-0.1, -0.05) is 42.5 Å². The summed E-state index contributed by atoms with van der Waals surface area (Å²) in [6.07, 6.45) is 3.58. The van der Waals surface area contributed by atoms with E-state index < -0.39 is 4.92 Å². The number of aliphatic hydroxyl groups excluding tert-OH is 2. The van der Waals surface area contributed by atoms with Gasteiger partial charge < -0.3 is 19.7 Å². The van der Waals surface area contributed by atoms with Crippen LogP contribution in [0, 0.1) is 10.1 Å². The van der Waals surface area contributed by atoms with Gasteiger partial charge in [0.15, 0.2) is 5.75 Å². The van der Waals surface area contributed by atoms with Crippen LogP contribution in [-0.4, -0.2) is 41.6 Å². The first-order chi connectivity index (χ1) is 12.2. The average molecular weight is 345 g/mol. The summed E-state index contributed by atoms with van der Waals surface area (Å²) in [4.78, 5) is 10.7. The van der Waals surface area contributed by atoms with E-state index in [1.54, 1.807) is 12.1 Å². The van der Waals surface area contributed by atoms with Gasteiger partial charge in [0.05, 0.1) is 18.1 Å². The van der Waals surface area contributed by atoms with Crippen LogP contribution in [0.15, 0.2) is 42.5 Å². The molecular formula is C18H19NO6. The van der Waals surface area contributed by atoms with Crippen molar-refractivity contribution in [2.24, 2.45) is 0 Å². The second kappa shape index (κ2) is 9.41. The standard InChI is InChI=1S/C18H19NO6/c20-10-12-24-17-15(7-6-14-4-2-1-3-5-14)8-9-16(19(22)23)18(17)25-13-11-21/h1-9,20-21H,10-13H2. The molecule has 132 valence electrons. The first-order valence-electron chi connectivity index (χ1n) is 7.69. The zero-order valence-corrected chi connectivity index (χ0v) is 13.5. The van der Waals surface area contributed by atoms with E-state index >= 15 is 0 Å². The normalized spacial score (nSPS) is 10.8. The van der Waals surface area contributed by atoms with Gasteiger partial charge in [-0.3, -0.25) is 10.1 Å². The van der Waals surface area contributed by atoms with Crippen molar-refractivity contribution in [3.8, 4) is 11.5 Å². The van der Waals surface area contributed by atoms with Gasteiger partial charge in [0.2, 0.25) is 5.75 Å². The first-order valence-corrected chi connectivity index (χ1v) is 7.69. The van der Waals surface area contributed by atoms with Crippen LogP contribution in [0.25, 0.3) is 12.2 Å². The minimum Gasteiger partial charge on any atom is -0.486 e. The van der Waals surface area contributed by atoms with Gasteiger partial charge in [0.1, 0.15) is 13.2 Å². The third-order valence-electron chi connectivity index (χ3n) is 3.25. The number of aliphatic hydroxyl groups is 2. The minimum absolute atomic E-state index is 0.0389. The number of hydrogen-bond acceptors (Lipinski definition) is 6. The predicted molar refractivity (Wildman–Crippen MR) is 93.6 cm³/mol. The highest BCUT2D eigenvalue weighted by Gasteiger charge is 2.23. The van der Waals surface area contributed by atoms with Crippen LogP contribution in [0.3, 0.4) is 0 Å². The summed E-state index contributed by atoms with van der Waals surface area (Å²) >= 11 is 0. The zero-order chi connectivity index (χ0) is 18.1. The van der Waals surface area contributed by atoms with Crippen LogP contribution in [-0.2, 0) is 0 Å². The number of rotatable bonds is 9. The Morgan fingerprint density at radius 2 is 1.56 bits per heavy atom. The maximum Gasteiger partial charge on any atom is 0.314 e. The van der Waals surface area contributed by atoms with E-state index in [4.69, 9.17) is 19.7 Å². The van der Waals surface area contributed by atoms with Gasteiger partial charge in [0, 0.05) is 11.6 Å². The fourth-order valence-electron chi connectivity index (χ4n) is 2.18. The zero-order valence-electron chi connectivity index (χ0n) is 13.5. The van der Waals surface area contributed by atoms with E-state index in [9.17, 15) is 10.1 Å². The smallest absolute Gasteiger partial charge is 0.314 e. The topological polar surface area (TPSA) is 102 Å². The Labute approximate surface area is 144 Å². The van der Waals surface area contributed by atoms with Gasteiger partial charge in [-0.2, -0.15) is 0 Å². The minimum atomic E-state index is -0.580. The number of nitro groups is 1. The van der Waals surface area contributed by atoms with Crippen molar-refractivity contribution >= 4 is 17.8 Å². The molecule has 0 bridgehead atoms. The van der Waals surface area contributed by atoms with E-state index in [1.807, 2.05) is 36.4 Å². The van der Waals surface area contributed by atoms with Crippen molar-refractivity contribution in [3.05, 3.63) is 63.7 Å². The van der Waals surface area contributed by atoms with Crippen molar-refractivity contribution in [1.82, 2.24) is 0 Å². The second-order valence-electron chi connectivity index (χ2n) is 4.98. The van der Waals surface area contributed by atoms with Gasteiger partial charge in [-0.15, -0.1) is 0 Å². The summed E-state index contributed by atoms with van der Waals surface area (Å²) < 4.78 is 10.8. The number of benzene rings is 2. The van der Waals surface area contributed by atoms with E-state index in [-0.39, 0.29) is 43.6 Å². The lowest BCUT2D eigenvalue weighted by Crippen LogP contribution is -2.09. The van der Waals surface area contributed by atoms with E-state index in [2.05, 4.69) is 0 Å². The van der Waals surface area contributed by atoms with E-state index in [1.165, 1.54) is 6.07 Å². The number of hydrogen-bond donors (Lipinski definition) is 2. The molecule has 2 N–H and O–H groups in total. The Morgan fingerprint density at radius 1 is 0.920 bits per heavy atom. The molecule has 0 heterocycles. The molecule has 7 nitrogen and oxygen atoms in total. The van der Waals surface area contributed by atoms with Crippen LogP contribution in [0.5, 0.6) is 11.5 Å². The third kappa shape index (κ3) is 5.03. The maximum atomic E-state index is 11.2. The quantitative estimate of drug-likeness (QED) is 0.411. The molecule has 0 aromatic heterocycles. The second-order valence-corrected chi connectivity index (χ2v) is 4.98. The number of ether oxygens (including phenoxy) is 2. The molecule has 2 rings (SSSR count). The molecule has 0 unspecified atom stereocenters. The molecule has 2 aromatic carbocycles. The average Bonchev–Trinajstić information content (AvgIpc) is 2.63. The van der Waals surface area contributed by atoms with Crippen LogP contribution in [0.1, 0.15) is 11.1 Å². The molecule has 0 saturated heterocycles. The maximum absolute atomic E-state index is 11.2. The van der Waals surface area contributed by atoms with Crippen molar-refractivity contribution in [3.63, 3.8) is 0 Å². The van der Waals surface area contributed by atoms with Gasteiger partial charge >= 0.3 is 5.69 Å². The van der Waals surface area contributed by atoms with Crippen LogP contribution in [0.2, 0.25) is 0 Å². The fraction of sp³-hybridized carbons (Fsp3) is 0.222. The van der Waals surface area contributed by atoms with Crippen molar-refractivity contribution in [1.29, 1.82) is 0 Å². The summed E-state index contributed by atoms with van der Waals surface area (Å²) in [7, 11) is 0. The molecule has 0 atom stereocenters. The molecule has 0 fully saturated rings. The largest absolute Gasteiger partial charge is 0.486 e. The Hall–Kier alpha value is -2.90. The molecule has 0 aliphatic heterocycles. The van der Waals surface area contributed by atoms with Gasteiger partial charge in [-0.25, -0.2) is 0 Å². The van der Waals surface area contributed by atoms with Crippen LogP contribution < -0.4 is 9.47 Å². The molecule has 0 amide bonds. The lowest BCUT2D eigenvalue weighted by molar-refractivity contribution is -0.386. The van der Waals surface area contributed by atoms with E-state index in [0.29, 0.717) is 5.56 Å². The van der Waals surface area contributed by atoms with Gasteiger partial charge in [0.25, 0.3) is 0 Å². The van der Waals surface area contributed by atoms with Gasteiger partial charge in [-0.05, 0) is 11.6 Å². The molecule has 0 radical (unpaired) electrons. The van der Waals surface area contributed by atoms with E-state index in [0.717, 1.165) is 5.56 Å². The third-order valence-corrected chi connectivity index (χ3v) is 3.25. The summed E-state index contributed by atoms with van der Waals surface area (Å²) in [5.74, 6) is 0.0894. The summed E-state index contributed by atoms with van der Waals surface area (Å²) in [5.41, 5.74) is 1.25. The summed E-state index contributed by atoms with van der Waals surface area (Å²) in [6, 6.07) is 12.4. The first kappa shape index (κ1) is 18.4. The molecule has 0 aliphatic rings. The molecule has 0 aliphatic carbocycles. The van der Waals surface area contributed by atoms with Crippen LogP contribution in [0.4, 0.5) is 5.69 Å². The lowest BCUT2D eigenvalue weighted by atomic mass is 10.1. The fourth-order valence-corrected chi connectivity index (χ4v) is 2.18. The Bertz CT molecular complexity index is 730. The SMILES string of the molecule is O=[N+]([O-])c1ccc(C=Cc2ccccc2)c(OCCO)c1OCCO.